The predicted molar refractivity (Wildman–Crippen MR) is 113 cm³/mol. The monoisotopic (exact) mass is 414 g/mol. The molecule has 0 radical (unpaired) electrons. The van der Waals surface area contributed by atoms with E-state index in [2.05, 4.69) is 36.1 Å². The van der Waals surface area contributed by atoms with Gasteiger partial charge in [0.2, 0.25) is 5.95 Å². The number of halogens is 1. The zero-order valence-electron chi connectivity index (χ0n) is 15.3. The molecule has 1 aromatic carbocycles. The smallest absolute Gasteiger partial charge is 0.270 e. The fraction of sp³-hybridized carbons (Fsp3) is 0.263. The van der Waals surface area contributed by atoms with Crippen LogP contribution in [-0.2, 0) is 0 Å². The maximum absolute atomic E-state index is 12.4. The molecular formula is C19H19ClN6OS. The Hall–Kier alpha value is -2.71. The lowest BCUT2D eigenvalue weighted by Crippen LogP contribution is -2.46. The summed E-state index contributed by atoms with van der Waals surface area (Å²) in [5, 5.41) is 3.51. The number of aromatic nitrogens is 3. The third-order valence-electron chi connectivity index (χ3n) is 4.59. The number of amides is 1. The molecule has 1 N–H and O–H groups in total. The van der Waals surface area contributed by atoms with Gasteiger partial charge in [-0.2, -0.15) is 4.98 Å². The highest BCUT2D eigenvalue weighted by atomic mass is 35.5. The molecule has 7 nitrogen and oxygen atoms in total. The number of hydrogen-bond acceptors (Lipinski definition) is 7. The summed E-state index contributed by atoms with van der Waals surface area (Å²) in [4.78, 5) is 30.2. The fourth-order valence-electron chi connectivity index (χ4n) is 3.13. The number of nitrogens with zero attached hydrogens (tertiary/aromatic N) is 5. The van der Waals surface area contributed by atoms with Gasteiger partial charge in [0.05, 0.1) is 11.2 Å². The number of hydrogen-bond donors (Lipinski definition) is 1. The first kappa shape index (κ1) is 18.6. The van der Waals surface area contributed by atoms with Crippen molar-refractivity contribution < 1.29 is 4.79 Å². The van der Waals surface area contributed by atoms with Gasteiger partial charge in [-0.25, -0.2) is 9.97 Å². The Labute approximate surface area is 172 Å². The van der Waals surface area contributed by atoms with E-state index in [0.29, 0.717) is 16.5 Å². The minimum absolute atomic E-state index is 0.233. The summed E-state index contributed by atoms with van der Waals surface area (Å²) < 4.78 is 0. The first-order chi connectivity index (χ1) is 13.6. The van der Waals surface area contributed by atoms with E-state index < -0.39 is 0 Å². The van der Waals surface area contributed by atoms with E-state index in [1.165, 1.54) is 11.3 Å². The molecule has 9 heteroatoms. The highest BCUT2D eigenvalue weighted by molar-refractivity contribution is 7.12. The molecule has 3 heterocycles. The number of rotatable bonds is 4. The van der Waals surface area contributed by atoms with Crippen molar-refractivity contribution in [1.82, 2.24) is 15.0 Å². The van der Waals surface area contributed by atoms with Crippen molar-refractivity contribution in [1.29, 1.82) is 0 Å². The van der Waals surface area contributed by atoms with Gasteiger partial charge >= 0.3 is 0 Å². The molecule has 1 amide bonds. The molecule has 0 saturated carbocycles. The number of benzene rings is 1. The molecule has 144 valence electrons. The summed E-state index contributed by atoms with van der Waals surface area (Å²) in [5.41, 5.74) is 3.49. The van der Waals surface area contributed by atoms with E-state index in [0.717, 1.165) is 42.7 Å². The third-order valence-corrected chi connectivity index (χ3v) is 5.76. The average molecular weight is 415 g/mol. The van der Waals surface area contributed by atoms with E-state index in [-0.39, 0.29) is 5.91 Å². The molecule has 3 aromatic rings. The Bertz CT molecular complexity index is 986. The Balaban J connectivity index is 1.41. The first-order valence-electron chi connectivity index (χ1n) is 8.90. The van der Waals surface area contributed by atoms with E-state index in [1.54, 1.807) is 11.7 Å². The number of piperazine rings is 1. The molecule has 2 aromatic heterocycles. The molecule has 1 aliphatic rings. The predicted octanol–water partition coefficient (Wildman–Crippen LogP) is 3.47. The van der Waals surface area contributed by atoms with Crippen molar-refractivity contribution in [2.24, 2.45) is 0 Å². The molecule has 1 aliphatic heterocycles. The molecule has 1 saturated heterocycles. The molecule has 0 atom stereocenters. The van der Waals surface area contributed by atoms with Gasteiger partial charge in [0.15, 0.2) is 0 Å². The first-order valence-corrected chi connectivity index (χ1v) is 10.2. The lowest BCUT2D eigenvalue weighted by atomic mass is 10.2. The Morgan fingerprint density at radius 3 is 2.64 bits per heavy atom. The van der Waals surface area contributed by atoms with Crippen LogP contribution in [-0.4, -0.2) is 47.0 Å². The zero-order valence-corrected chi connectivity index (χ0v) is 16.9. The number of carbonyl (C=O) groups excluding carboxylic acids is 1. The topological polar surface area (TPSA) is 74.2 Å². The molecule has 28 heavy (non-hydrogen) atoms. The van der Waals surface area contributed by atoms with Gasteiger partial charge in [-0.15, -0.1) is 11.3 Å². The lowest BCUT2D eigenvalue weighted by Gasteiger charge is -2.36. The number of aryl methyl sites for hydroxylation is 1. The summed E-state index contributed by atoms with van der Waals surface area (Å²) in [6, 6.07) is 9.76. The Morgan fingerprint density at radius 1 is 1.14 bits per heavy atom. The average Bonchev–Trinajstić information content (AvgIpc) is 3.14. The van der Waals surface area contributed by atoms with Crippen LogP contribution in [0.5, 0.6) is 0 Å². The van der Waals surface area contributed by atoms with E-state index in [1.807, 2.05) is 31.2 Å². The van der Waals surface area contributed by atoms with Gasteiger partial charge in [0.1, 0.15) is 10.7 Å². The second-order valence-electron chi connectivity index (χ2n) is 6.41. The minimum Gasteiger partial charge on any atom is -0.368 e. The maximum Gasteiger partial charge on any atom is 0.270 e. The van der Waals surface area contributed by atoms with Crippen LogP contribution in [0.25, 0.3) is 0 Å². The molecule has 0 bridgehead atoms. The number of carbonyl (C=O) groups is 1. The van der Waals surface area contributed by atoms with E-state index >= 15 is 0 Å². The summed E-state index contributed by atoms with van der Waals surface area (Å²) in [7, 11) is 0. The molecule has 1 fully saturated rings. The van der Waals surface area contributed by atoms with Gasteiger partial charge in [-0.05, 0) is 31.2 Å². The van der Waals surface area contributed by atoms with Crippen LogP contribution in [0.3, 0.4) is 0 Å². The van der Waals surface area contributed by atoms with Crippen molar-refractivity contribution in [2.45, 2.75) is 6.92 Å². The second-order valence-corrected chi connectivity index (χ2v) is 7.70. The van der Waals surface area contributed by atoms with Crippen LogP contribution in [0.15, 0.2) is 42.0 Å². The van der Waals surface area contributed by atoms with Crippen molar-refractivity contribution in [2.75, 3.05) is 41.3 Å². The number of anilines is 3. The SMILES string of the molecule is Cc1ncsc1C(=O)Nc1nccc(N2CCN(c3cccc(Cl)c3)CC2)n1. The van der Waals surface area contributed by atoms with Crippen molar-refractivity contribution in [3.05, 3.63) is 57.6 Å². The van der Waals surface area contributed by atoms with Crippen LogP contribution in [0.4, 0.5) is 17.5 Å². The lowest BCUT2D eigenvalue weighted by molar-refractivity contribution is 0.102. The van der Waals surface area contributed by atoms with Gasteiger partial charge < -0.3 is 9.80 Å². The van der Waals surface area contributed by atoms with Gasteiger partial charge in [-0.3, -0.25) is 10.1 Å². The summed E-state index contributed by atoms with van der Waals surface area (Å²) in [6.07, 6.45) is 1.67. The van der Waals surface area contributed by atoms with Gasteiger partial charge in [0, 0.05) is 43.1 Å². The highest BCUT2D eigenvalue weighted by Gasteiger charge is 2.20. The molecule has 0 spiro atoms. The quantitative estimate of drug-likeness (QED) is 0.704. The second kappa shape index (κ2) is 8.12. The fourth-order valence-corrected chi connectivity index (χ4v) is 4.01. The Morgan fingerprint density at radius 2 is 1.93 bits per heavy atom. The summed E-state index contributed by atoms with van der Waals surface area (Å²) in [6.45, 7) is 5.19. The van der Waals surface area contributed by atoms with Crippen LogP contribution in [0, 0.1) is 6.92 Å². The zero-order chi connectivity index (χ0) is 19.5. The van der Waals surface area contributed by atoms with E-state index in [4.69, 9.17) is 11.6 Å². The third kappa shape index (κ3) is 4.07. The molecule has 0 unspecified atom stereocenters. The summed E-state index contributed by atoms with van der Waals surface area (Å²) in [5.74, 6) is 0.868. The van der Waals surface area contributed by atoms with Crippen molar-refractivity contribution in [3.8, 4) is 0 Å². The highest BCUT2D eigenvalue weighted by Crippen LogP contribution is 2.23. The van der Waals surface area contributed by atoms with Crippen LogP contribution >= 0.6 is 22.9 Å². The molecule has 0 aliphatic carbocycles. The maximum atomic E-state index is 12.4. The van der Waals surface area contributed by atoms with Gasteiger partial charge in [0.25, 0.3) is 5.91 Å². The van der Waals surface area contributed by atoms with Crippen LogP contribution < -0.4 is 15.1 Å². The normalized spacial score (nSPS) is 14.2. The van der Waals surface area contributed by atoms with E-state index in [9.17, 15) is 4.79 Å². The largest absolute Gasteiger partial charge is 0.368 e. The number of thiazole rings is 1. The van der Waals surface area contributed by atoms with Crippen LogP contribution in [0.1, 0.15) is 15.4 Å². The van der Waals surface area contributed by atoms with Crippen molar-refractivity contribution in [3.63, 3.8) is 0 Å². The standard InChI is InChI=1S/C19H19ClN6OS/c1-13-17(28-12-22-13)18(27)24-19-21-6-5-16(23-19)26-9-7-25(8-10-26)15-4-2-3-14(20)11-15/h2-6,11-12H,7-10H2,1H3,(H,21,23,24,27). The Kier molecular flexibility index (Phi) is 5.40. The molecule has 4 rings (SSSR count). The minimum atomic E-state index is -0.233. The molecular weight excluding hydrogens is 396 g/mol. The van der Waals surface area contributed by atoms with Gasteiger partial charge in [-0.1, -0.05) is 17.7 Å². The number of nitrogens with one attached hydrogen (secondary N) is 1. The summed E-state index contributed by atoms with van der Waals surface area (Å²) >= 11 is 7.41. The van der Waals surface area contributed by atoms with Crippen LogP contribution in [0.2, 0.25) is 5.02 Å². The van der Waals surface area contributed by atoms with Crippen molar-refractivity contribution >= 4 is 46.3 Å².